The lowest BCUT2D eigenvalue weighted by molar-refractivity contribution is -0.115. The molecular weight excluding hydrogens is 320 g/mol. The number of halogens is 2. The van der Waals surface area contributed by atoms with E-state index in [2.05, 4.69) is 31.3 Å². The lowest BCUT2D eigenvalue weighted by atomic mass is 10.2. The van der Waals surface area contributed by atoms with Crippen LogP contribution in [-0.4, -0.2) is 25.5 Å². The second-order valence-electron chi connectivity index (χ2n) is 3.61. The number of carbonyl (C=O) groups excluding carboxylic acids is 1. The molecule has 0 aliphatic carbocycles. The van der Waals surface area contributed by atoms with Crippen molar-refractivity contribution in [1.82, 2.24) is 14.8 Å². The summed E-state index contributed by atoms with van der Waals surface area (Å²) in [5.74, 6) is -0.154. The van der Waals surface area contributed by atoms with Crippen LogP contribution in [0.5, 0.6) is 0 Å². The van der Waals surface area contributed by atoms with Gasteiger partial charge in [-0.25, -0.2) is 9.67 Å². The van der Waals surface area contributed by atoms with Gasteiger partial charge in [0.2, 0.25) is 5.91 Å². The molecule has 1 N–H and O–H groups in total. The number of nitrogens with zero attached hydrogens (tertiary/aromatic N) is 3. The number of hydrogen-bond donors (Lipinski definition) is 1. The van der Waals surface area contributed by atoms with E-state index in [4.69, 9.17) is 11.6 Å². The first-order valence-electron chi connectivity index (χ1n) is 5.17. The third kappa shape index (κ3) is 2.88. The molecule has 0 radical (unpaired) electrons. The third-order valence-electron chi connectivity index (χ3n) is 2.24. The summed E-state index contributed by atoms with van der Waals surface area (Å²) in [4.78, 5) is 15.3. The van der Waals surface area contributed by atoms with Crippen molar-refractivity contribution in [3.05, 3.63) is 35.9 Å². The summed E-state index contributed by atoms with van der Waals surface area (Å²) < 4.78 is 1.56. The molecule has 5 nitrogen and oxygen atoms in total. The van der Waals surface area contributed by atoms with E-state index in [9.17, 15) is 4.79 Å². The van der Waals surface area contributed by atoms with Gasteiger partial charge in [-0.15, -0.1) is 0 Å². The van der Waals surface area contributed by atoms with E-state index in [1.165, 1.54) is 6.33 Å². The highest BCUT2D eigenvalue weighted by atomic mass is 79.9. The van der Waals surface area contributed by atoms with Crippen molar-refractivity contribution in [2.45, 2.75) is 11.8 Å². The quantitative estimate of drug-likeness (QED) is 0.881. The lowest BCUT2D eigenvalue weighted by Crippen LogP contribution is -2.21. The number of alkyl halides is 1. The molecule has 0 saturated carbocycles. The van der Waals surface area contributed by atoms with E-state index in [1.807, 2.05) is 0 Å². The molecule has 0 spiro atoms. The molecule has 0 aliphatic heterocycles. The predicted molar refractivity (Wildman–Crippen MR) is 73.4 cm³/mol. The fourth-order valence-corrected chi connectivity index (χ4v) is 1.66. The maximum atomic E-state index is 11.7. The van der Waals surface area contributed by atoms with Gasteiger partial charge in [0.15, 0.2) is 0 Å². The van der Waals surface area contributed by atoms with E-state index >= 15 is 0 Å². The molecule has 1 amide bonds. The Morgan fingerprint density at radius 2 is 2.33 bits per heavy atom. The van der Waals surface area contributed by atoms with Crippen LogP contribution in [0.2, 0.25) is 5.02 Å². The Bertz CT molecular complexity index is 556. The van der Waals surface area contributed by atoms with Crippen molar-refractivity contribution >= 4 is 39.1 Å². The average Bonchev–Trinajstić information content (AvgIpc) is 2.82. The zero-order valence-corrected chi connectivity index (χ0v) is 11.8. The van der Waals surface area contributed by atoms with Crippen molar-refractivity contribution in [2.24, 2.45) is 0 Å². The van der Waals surface area contributed by atoms with Crippen molar-refractivity contribution in [3.63, 3.8) is 0 Å². The number of hydrogen-bond acceptors (Lipinski definition) is 3. The molecule has 94 valence electrons. The molecule has 1 heterocycles. The fraction of sp³-hybridized carbons (Fsp3) is 0.182. The van der Waals surface area contributed by atoms with Gasteiger partial charge in [0, 0.05) is 5.02 Å². The van der Waals surface area contributed by atoms with Crippen molar-refractivity contribution < 1.29 is 4.79 Å². The zero-order chi connectivity index (χ0) is 13.1. The lowest BCUT2D eigenvalue weighted by Gasteiger charge is -2.12. The Hall–Kier alpha value is -1.40. The van der Waals surface area contributed by atoms with Crippen LogP contribution < -0.4 is 5.32 Å². The molecule has 0 fully saturated rings. The van der Waals surface area contributed by atoms with Crippen LogP contribution in [0, 0.1) is 0 Å². The van der Waals surface area contributed by atoms with Crippen LogP contribution in [0.3, 0.4) is 0 Å². The van der Waals surface area contributed by atoms with E-state index in [0.717, 1.165) is 0 Å². The van der Waals surface area contributed by atoms with Crippen LogP contribution in [-0.2, 0) is 4.79 Å². The van der Waals surface area contributed by atoms with E-state index in [1.54, 1.807) is 36.1 Å². The first-order valence-corrected chi connectivity index (χ1v) is 6.47. The molecular formula is C11H10BrClN4O. The predicted octanol–water partition coefficient (Wildman–Crippen LogP) is 2.64. The molecule has 0 aliphatic rings. The minimum atomic E-state index is -0.292. The van der Waals surface area contributed by atoms with Crippen molar-refractivity contribution in [3.8, 4) is 5.69 Å². The Morgan fingerprint density at radius 1 is 1.56 bits per heavy atom. The highest BCUT2D eigenvalue weighted by molar-refractivity contribution is 9.10. The molecule has 1 aromatic carbocycles. The van der Waals surface area contributed by atoms with Crippen molar-refractivity contribution in [2.75, 3.05) is 5.32 Å². The Kier molecular flexibility index (Phi) is 3.98. The molecule has 1 atom stereocenters. The molecule has 7 heteroatoms. The topological polar surface area (TPSA) is 59.8 Å². The Balaban J connectivity index is 2.39. The summed E-state index contributed by atoms with van der Waals surface area (Å²) in [6, 6.07) is 5.17. The smallest absolute Gasteiger partial charge is 0.237 e. The van der Waals surface area contributed by atoms with Gasteiger partial charge >= 0.3 is 0 Å². The first kappa shape index (κ1) is 13.0. The van der Waals surface area contributed by atoms with Crippen LogP contribution in [0.1, 0.15) is 6.92 Å². The van der Waals surface area contributed by atoms with Gasteiger partial charge in [-0.3, -0.25) is 4.79 Å². The fourth-order valence-electron chi connectivity index (χ4n) is 1.37. The molecule has 0 bridgehead atoms. The molecule has 2 aromatic rings. The van der Waals surface area contributed by atoms with Gasteiger partial charge in [0.05, 0.1) is 16.2 Å². The molecule has 18 heavy (non-hydrogen) atoms. The summed E-state index contributed by atoms with van der Waals surface area (Å²) in [6.07, 6.45) is 2.98. The summed E-state index contributed by atoms with van der Waals surface area (Å²) in [5.41, 5.74) is 1.29. The minimum absolute atomic E-state index is 0.154. The molecule has 1 unspecified atom stereocenters. The largest absolute Gasteiger partial charge is 0.323 e. The first-order chi connectivity index (χ1) is 8.58. The van der Waals surface area contributed by atoms with Gasteiger partial charge in [-0.2, -0.15) is 5.10 Å². The van der Waals surface area contributed by atoms with E-state index < -0.39 is 0 Å². The normalized spacial score (nSPS) is 12.2. The average molecular weight is 330 g/mol. The van der Waals surface area contributed by atoms with Gasteiger partial charge < -0.3 is 5.32 Å². The summed E-state index contributed by atoms with van der Waals surface area (Å²) in [7, 11) is 0. The zero-order valence-electron chi connectivity index (χ0n) is 9.47. The monoisotopic (exact) mass is 328 g/mol. The molecule has 2 rings (SSSR count). The maximum absolute atomic E-state index is 11.7. The standard InChI is InChI=1S/C11H10BrClN4O/c1-7(12)11(18)16-9-4-8(13)2-3-10(9)17-6-14-5-15-17/h2-7H,1H3,(H,16,18). The third-order valence-corrected chi connectivity index (χ3v) is 2.89. The van der Waals surface area contributed by atoms with Crippen molar-refractivity contribution in [1.29, 1.82) is 0 Å². The maximum Gasteiger partial charge on any atom is 0.237 e. The number of nitrogens with one attached hydrogen (secondary N) is 1. The minimum Gasteiger partial charge on any atom is -0.323 e. The van der Waals surface area contributed by atoms with Gasteiger partial charge in [-0.05, 0) is 25.1 Å². The van der Waals surface area contributed by atoms with Gasteiger partial charge in [0.25, 0.3) is 0 Å². The number of rotatable bonds is 3. The van der Waals surface area contributed by atoms with E-state index in [0.29, 0.717) is 16.4 Å². The molecule has 1 aromatic heterocycles. The Labute approximate surface area is 117 Å². The van der Waals surface area contributed by atoms with Crippen LogP contribution in [0.15, 0.2) is 30.9 Å². The highest BCUT2D eigenvalue weighted by Gasteiger charge is 2.13. The molecule has 0 saturated heterocycles. The summed E-state index contributed by atoms with van der Waals surface area (Å²) in [5, 5.41) is 7.35. The van der Waals surface area contributed by atoms with Crippen LogP contribution >= 0.6 is 27.5 Å². The second-order valence-corrected chi connectivity index (χ2v) is 5.42. The van der Waals surface area contributed by atoms with E-state index in [-0.39, 0.29) is 10.7 Å². The van der Waals surface area contributed by atoms with Crippen LogP contribution in [0.4, 0.5) is 5.69 Å². The SMILES string of the molecule is CC(Br)C(=O)Nc1cc(Cl)ccc1-n1cncn1. The summed E-state index contributed by atoms with van der Waals surface area (Å²) >= 11 is 9.14. The Morgan fingerprint density at radius 3 is 2.94 bits per heavy atom. The van der Waals surface area contributed by atoms with Crippen LogP contribution in [0.25, 0.3) is 5.69 Å². The number of carbonyl (C=O) groups is 1. The van der Waals surface area contributed by atoms with Gasteiger partial charge in [-0.1, -0.05) is 27.5 Å². The van der Waals surface area contributed by atoms with Gasteiger partial charge in [0.1, 0.15) is 12.7 Å². The number of anilines is 1. The highest BCUT2D eigenvalue weighted by Crippen LogP contribution is 2.24. The number of amides is 1. The number of aromatic nitrogens is 3. The second kappa shape index (κ2) is 5.49. The summed E-state index contributed by atoms with van der Waals surface area (Å²) in [6.45, 7) is 1.75. The number of benzene rings is 1.